The van der Waals surface area contributed by atoms with E-state index in [4.69, 9.17) is 9.94 Å². The zero-order valence-electron chi connectivity index (χ0n) is 15.2. The van der Waals surface area contributed by atoms with Crippen LogP contribution >= 0.6 is 0 Å². The number of nitrogens with zero attached hydrogens (tertiary/aromatic N) is 3. The lowest BCUT2D eigenvalue weighted by Gasteiger charge is -2.08. The molecular formula is C18H18N6O5. The molecule has 0 bridgehead atoms. The van der Waals surface area contributed by atoms with Crippen molar-refractivity contribution in [2.24, 2.45) is 0 Å². The second-order valence-electron chi connectivity index (χ2n) is 5.82. The number of aromatic nitrogens is 4. The van der Waals surface area contributed by atoms with Crippen LogP contribution in [0.1, 0.15) is 27.1 Å². The Bertz CT molecular complexity index is 1030. The molecule has 0 atom stereocenters. The SMILES string of the molecule is O=C(NO)c1ccc(OCCCNC(=O)c2cnc(-n3cccn3)[nH]c2=O)cc1. The number of H-pyrrole nitrogens is 1. The summed E-state index contributed by atoms with van der Waals surface area (Å²) >= 11 is 0. The van der Waals surface area contributed by atoms with E-state index in [1.807, 2.05) is 0 Å². The van der Waals surface area contributed by atoms with Gasteiger partial charge in [-0.05, 0) is 36.8 Å². The molecule has 0 saturated carbocycles. The lowest BCUT2D eigenvalue weighted by Crippen LogP contribution is -2.31. The highest BCUT2D eigenvalue weighted by molar-refractivity contribution is 5.93. The number of aromatic amines is 1. The number of rotatable bonds is 8. The lowest BCUT2D eigenvalue weighted by molar-refractivity contribution is 0.0706. The van der Waals surface area contributed by atoms with Crippen molar-refractivity contribution >= 4 is 11.8 Å². The maximum atomic E-state index is 12.1. The molecule has 11 nitrogen and oxygen atoms in total. The number of amides is 2. The Morgan fingerprint density at radius 1 is 1.21 bits per heavy atom. The summed E-state index contributed by atoms with van der Waals surface area (Å²) in [4.78, 5) is 42.0. The van der Waals surface area contributed by atoms with E-state index in [9.17, 15) is 14.4 Å². The van der Waals surface area contributed by atoms with Gasteiger partial charge < -0.3 is 10.1 Å². The van der Waals surface area contributed by atoms with E-state index in [0.717, 1.165) is 0 Å². The Morgan fingerprint density at radius 3 is 2.66 bits per heavy atom. The first-order chi connectivity index (χ1) is 14.1. The summed E-state index contributed by atoms with van der Waals surface area (Å²) in [6.45, 7) is 0.614. The Labute approximate surface area is 164 Å². The molecule has 2 heterocycles. The summed E-state index contributed by atoms with van der Waals surface area (Å²) in [6, 6.07) is 7.89. The first-order valence-electron chi connectivity index (χ1n) is 8.63. The molecule has 0 aliphatic carbocycles. The molecule has 3 rings (SSSR count). The van der Waals surface area contributed by atoms with Gasteiger partial charge in [0.05, 0.1) is 6.61 Å². The number of nitrogens with one attached hydrogen (secondary N) is 3. The zero-order valence-corrected chi connectivity index (χ0v) is 15.2. The van der Waals surface area contributed by atoms with Gasteiger partial charge in [-0.1, -0.05) is 0 Å². The second kappa shape index (κ2) is 9.28. The maximum absolute atomic E-state index is 12.1. The third kappa shape index (κ3) is 5.05. The fourth-order valence-corrected chi connectivity index (χ4v) is 2.38. The third-order valence-corrected chi connectivity index (χ3v) is 3.85. The average Bonchev–Trinajstić information content (AvgIpc) is 3.28. The zero-order chi connectivity index (χ0) is 20.6. The number of hydrogen-bond acceptors (Lipinski definition) is 7. The Hall–Kier alpha value is -3.99. The molecule has 0 radical (unpaired) electrons. The third-order valence-electron chi connectivity index (χ3n) is 3.85. The van der Waals surface area contributed by atoms with Gasteiger partial charge in [-0.15, -0.1) is 0 Å². The van der Waals surface area contributed by atoms with Crippen molar-refractivity contribution < 1.29 is 19.5 Å². The quantitative estimate of drug-likeness (QED) is 0.241. The van der Waals surface area contributed by atoms with Gasteiger partial charge >= 0.3 is 0 Å². The van der Waals surface area contributed by atoms with E-state index in [2.05, 4.69) is 20.4 Å². The van der Waals surface area contributed by atoms with Crippen LogP contribution in [-0.2, 0) is 0 Å². The highest BCUT2D eigenvalue weighted by atomic mass is 16.5. The predicted octanol–water partition coefficient (Wildman–Crippen LogP) is 0.273. The molecule has 2 amide bonds. The fourth-order valence-electron chi connectivity index (χ4n) is 2.38. The molecule has 3 aromatic rings. The Morgan fingerprint density at radius 2 is 2.00 bits per heavy atom. The second-order valence-corrected chi connectivity index (χ2v) is 5.82. The lowest BCUT2D eigenvalue weighted by atomic mass is 10.2. The van der Waals surface area contributed by atoms with Crippen LogP contribution in [0.15, 0.2) is 53.7 Å². The molecule has 150 valence electrons. The van der Waals surface area contributed by atoms with Crippen molar-refractivity contribution in [3.8, 4) is 11.7 Å². The van der Waals surface area contributed by atoms with Crippen LogP contribution < -0.4 is 21.1 Å². The first-order valence-corrected chi connectivity index (χ1v) is 8.63. The molecule has 0 aliphatic rings. The summed E-state index contributed by atoms with van der Waals surface area (Å²) in [6.07, 6.45) is 4.86. The normalized spacial score (nSPS) is 10.4. The number of ether oxygens (including phenoxy) is 1. The Kier molecular flexibility index (Phi) is 6.32. The molecule has 2 aromatic heterocycles. The minimum absolute atomic E-state index is 0.0976. The molecule has 1 aromatic carbocycles. The first kappa shape index (κ1) is 19.8. The van der Waals surface area contributed by atoms with Gasteiger partial charge in [0, 0.05) is 30.7 Å². The molecular weight excluding hydrogens is 380 g/mol. The topological polar surface area (TPSA) is 151 Å². The number of hydroxylamine groups is 1. The Balaban J connectivity index is 1.44. The summed E-state index contributed by atoms with van der Waals surface area (Å²) in [7, 11) is 0. The molecule has 29 heavy (non-hydrogen) atoms. The molecule has 0 saturated heterocycles. The average molecular weight is 398 g/mol. The molecule has 0 spiro atoms. The monoisotopic (exact) mass is 398 g/mol. The standard InChI is InChI=1S/C18H18N6O5/c25-15(23-28)12-3-5-13(6-4-12)29-10-2-7-19-16(26)14-11-20-18(22-17(14)27)24-9-1-8-21-24/h1,3-6,8-9,11,28H,2,7,10H2,(H,19,26)(H,23,25)(H,20,22,27). The van der Waals surface area contributed by atoms with Gasteiger partial charge in [0.1, 0.15) is 11.3 Å². The van der Waals surface area contributed by atoms with E-state index in [1.54, 1.807) is 36.1 Å². The van der Waals surface area contributed by atoms with Crippen LogP contribution in [0.2, 0.25) is 0 Å². The van der Waals surface area contributed by atoms with E-state index >= 15 is 0 Å². The van der Waals surface area contributed by atoms with Crippen LogP contribution in [0.4, 0.5) is 0 Å². The van der Waals surface area contributed by atoms with E-state index in [1.165, 1.54) is 23.0 Å². The summed E-state index contributed by atoms with van der Waals surface area (Å²) < 4.78 is 6.89. The van der Waals surface area contributed by atoms with Crippen LogP contribution in [0, 0.1) is 0 Å². The number of carbonyl (C=O) groups is 2. The number of hydrogen-bond donors (Lipinski definition) is 4. The minimum atomic E-state index is -0.610. The van der Waals surface area contributed by atoms with E-state index < -0.39 is 17.4 Å². The largest absolute Gasteiger partial charge is 0.494 e. The van der Waals surface area contributed by atoms with Crippen LogP contribution in [0.25, 0.3) is 5.95 Å². The maximum Gasteiger partial charge on any atom is 0.274 e. The smallest absolute Gasteiger partial charge is 0.274 e. The van der Waals surface area contributed by atoms with Crippen molar-refractivity contribution in [1.29, 1.82) is 0 Å². The van der Waals surface area contributed by atoms with E-state index in [0.29, 0.717) is 30.9 Å². The van der Waals surface area contributed by atoms with Crippen molar-refractivity contribution in [3.63, 3.8) is 0 Å². The van der Waals surface area contributed by atoms with Crippen LogP contribution in [0.3, 0.4) is 0 Å². The summed E-state index contributed by atoms with van der Waals surface area (Å²) in [5, 5.41) is 15.1. The summed E-state index contributed by atoms with van der Waals surface area (Å²) in [5.41, 5.74) is 1.18. The van der Waals surface area contributed by atoms with E-state index in [-0.39, 0.29) is 11.5 Å². The molecule has 0 fully saturated rings. The highest BCUT2D eigenvalue weighted by Gasteiger charge is 2.12. The van der Waals surface area contributed by atoms with Crippen molar-refractivity contribution in [2.45, 2.75) is 6.42 Å². The van der Waals surface area contributed by atoms with Gasteiger partial charge in [0.15, 0.2) is 0 Å². The van der Waals surface area contributed by atoms with Gasteiger partial charge in [0.2, 0.25) is 5.95 Å². The summed E-state index contributed by atoms with van der Waals surface area (Å²) in [5.74, 6) is -0.389. The molecule has 0 aliphatic heterocycles. The number of carbonyl (C=O) groups excluding carboxylic acids is 2. The van der Waals surface area contributed by atoms with Gasteiger partial charge in [-0.25, -0.2) is 15.1 Å². The van der Waals surface area contributed by atoms with Crippen molar-refractivity contribution in [1.82, 2.24) is 30.5 Å². The van der Waals surface area contributed by atoms with Gasteiger partial charge in [0.25, 0.3) is 17.4 Å². The number of benzene rings is 1. The van der Waals surface area contributed by atoms with Crippen LogP contribution in [-0.4, -0.2) is 49.9 Å². The van der Waals surface area contributed by atoms with Crippen molar-refractivity contribution in [2.75, 3.05) is 13.2 Å². The molecule has 4 N–H and O–H groups in total. The molecule has 0 unspecified atom stereocenters. The minimum Gasteiger partial charge on any atom is -0.494 e. The van der Waals surface area contributed by atoms with Gasteiger partial charge in [-0.2, -0.15) is 5.10 Å². The van der Waals surface area contributed by atoms with Crippen LogP contribution in [0.5, 0.6) is 5.75 Å². The highest BCUT2D eigenvalue weighted by Crippen LogP contribution is 2.12. The molecule has 11 heteroatoms. The van der Waals surface area contributed by atoms with Gasteiger partial charge in [-0.3, -0.25) is 24.6 Å². The fraction of sp³-hybridized carbons (Fsp3) is 0.167. The van der Waals surface area contributed by atoms with Crippen molar-refractivity contribution in [3.05, 3.63) is 70.4 Å². The predicted molar refractivity (Wildman–Crippen MR) is 100 cm³/mol.